The highest BCUT2D eigenvalue weighted by Gasteiger charge is 2.37. The van der Waals surface area contributed by atoms with Gasteiger partial charge in [-0.3, -0.25) is 0 Å². The van der Waals surface area contributed by atoms with Crippen molar-refractivity contribution in [3.8, 4) is 11.8 Å². The third-order valence-electron chi connectivity index (χ3n) is 3.80. The van der Waals surface area contributed by atoms with Crippen LogP contribution in [0.4, 0.5) is 4.39 Å². The lowest BCUT2D eigenvalue weighted by atomic mass is 9.77. The summed E-state index contributed by atoms with van der Waals surface area (Å²) in [6, 6.07) is 15.0. The largest absolute Gasteiger partial charge is 0.492 e. The molecule has 0 spiro atoms. The molecular formula is C17H13BrFNO. The monoisotopic (exact) mass is 345 g/mol. The maximum atomic E-state index is 13.6. The third-order valence-corrected chi connectivity index (χ3v) is 4.69. The van der Waals surface area contributed by atoms with Gasteiger partial charge in [-0.15, -0.1) is 0 Å². The molecule has 0 saturated heterocycles. The quantitative estimate of drug-likeness (QED) is 0.813. The van der Waals surface area contributed by atoms with Gasteiger partial charge in [-0.2, -0.15) is 5.26 Å². The van der Waals surface area contributed by atoms with Gasteiger partial charge in [0.1, 0.15) is 18.2 Å². The molecule has 2 nitrogen and oxygen atoms in total. The molecule has 0 saturated carbocycles. The second-order valence-corrected chi connectivity index (χ2v) is 6.15. The van der Waals surface area contributed by atoms with Crippen LogP contribution >= 0.6 is 15.9 Å². The van der Waals surface area contributed by atoms with Gasteiger partial charge >= 0.3 is 0 Å². The molecule has 0 N–H and O–H groups in total. The Bertz CT molecular complexity index is 725. The van der Waals surface area contributed by atoms with Crippen molar-refractivity contribution in [1.29, 1.82) is 5.26 Å². The molecule has 0 amide bonds. The van der Waals surface area contributed by atoms with Crippen molar-refractivity contribution in [2.45, 2.75) is 12.8 Å². The summed E-state index contributed by atoms with van der Waals surface area (Å²) in [6.45, 7) is 0.323. The van der Waals surface area contributed by atoms with E-state index < -0.39 is 5.41 Å². The van der Waals surface area contributed by atoms with Crippen LogP contribution in [0.5, 0.6) is 5.75 Å². The Balaban J connectivity index is 1.93. The molecule has 2 aromatic carbocycles. The summed E-state index contributed by atoms with van der Waals surface area (Å²) in [5, 5.41) is 9.65. The smallest absolute Gasteiger partial charge is 0.137 e. The molecule has 2 aromatic rings. The molecule has 21 heavy (non-hydrogen) atoms. The minimum atomic E-state index is -0.662. The molecule has 1 heterocycles. The summed E-state index contributed by atoms with van der Waals surface area (Å²) in [4.78, 5) is 0. The Morgan fingerprint density at radius 2 is 2.05 bits per heavy atom. The third kappa shape index (κ3) is 2.66. The minimum absolute atomic E-state index is 0.308. The van der Waals surface area contributed by atoms with Crippen molar-refractivity contribution in [2.24, 2.45) is 5.41 Å². The van der Waals surface area contributed by atoms with Crippen molar-refractivity contribution >= 4 is 15.9 Å². The molecule has 1 aliphatic heterocycles. The summed E-state index contributed by atoms with van der Waals surface area (Å²) in [5.41, 5.74) is 1.15. The van der Waals surface area contributed by atoms with Crippen molar-refractivity contribution in [2.75, 3.05) is 6.61 Å². The number of nitrogens with zero attached hydrogens (tertiary/aromatic N) is 1. The standard InChI is InChI=1S/C17H13BrFNO/c18-16-13(5-3-6-14(16)19)9-17(10-20)8-12-4-1-2-7-15(12)21-11-17/h1-7H,8-9,11H2. The van der Waals surface area contributed by atoms with Gasteiger partial charge in [0.05, 0.1) is 16.0 Å². The molecule has 1 atom stereocenters. The zero-order chi connectivity index (χ0) is 14.9. The van der Waals surface area contributed by atoms with Gasteiger partial charge in [0.25, 0.3) is 0 Å². The van der Waals surface area contributed by atoms with Gasteiger partial charge in [-0.05, 0) is 52.0 Å². The first-order valence-corrected chi connectivity index (χ1v) is 7.48. The number of ether oxygens (including phenoxy) is 1. The van der Waals surface area contributed by atoms with Crippen molar-refractivity contribution in [3.63, 3.8) is 0 Å². The van der Waals surface area contributed by atoms with Crippen LogP contribution in [-0.4, -0.2) is 6.61 Å². The van der Waals surface area contributed by atoms with E-state index in [1.807, 2.05) is 30.3 Å². The summed E-state index contributed by atoms with van der Waals surface area (Å²) in [5.74, 6) is 0.527. The maximum Gasteiger partial charge on any atom is 0.137 e. The Morgan fingerprint density at radius 1 is 1.24 bits per heavy atom. The zero-order valence-electron chi connectivity index (χ0n) is 11.3. The average Bonchev–Trinajstić information content (AvgIpc) is 2.52. The topological polar surface area (TPSA) is 33.0 Å². The maximum absolute atomic E-state index is 13.6. The second-order valence-electron chi connectivity index (χ2n) is 5.36. The van der Waals surface area contributed by atoms with Gasteiger partial charge in [0, 0.05) is 0 Å². The van der Waals surface area contributed by atoms with Crippen LogP contribution < -0.4 is 4.74 Å². The van der Waals surface area contributed by atoms with Crippen molar-refractivity contribution in [3.05, 3.63) is 63.9 Å². The van der Waals surface area contributed by atoms with E-state index >= 15 is 0 Å². The summed E-state index contributed by atoms with van der Waals surface area (Å²) in [7, 11) is 0. The lowest BCUT2D eigenvalue weighted by molar-refractivity contribution is 0.169. The van der Waals surface area contributed by atoms with Crippen LogP contribution in [0.25, 0.3) is 0 Å². The number of para-hydroxylation sites is 1. The molecular weight excluding hydrogens is 333 g/mol. The Morgan fingerprint density at radius 3 is 2.86 bits per heavy atom. The highest BCUT2D eigenvalue weighted by molar-refractivity contribution is 9.10. The van der Waals surface area contributed by atoms with E-state index in [-0.39, 0.29) is 5.82 Å². The lowest BCUT2D eigenvalue weighted by Crippen LogP contribution is -2.35. The van der Waals surface area contributed by atoms with Crippen LogP contribution in [0.3, 0.4) is 0 Å². The van der Waals surface area contributed by atoms with Crippen LogP contribution in [0, 0.1) is 22.6 Å². The van der Waals surface area contributed by atoms with E-state index in [4.69, 9.17) is 4.74 Å². The van der Waals surface area contributed by atoms with Crippen LogP contribution in [0.15, 0.2) is 46.9 Å². The molecule has 3 rings (SSSR count). The predicted molar refractivity (Wildman–Crippen MR) is 81.5 cm³/mol. The molecule has 1 unspecified atom stereocenters. The SMILES string of the molecule is N#CC1(Cc2cccc(F)c2Br)COc2ccccc2C1. The van der Waals surface area contributed by atoms with E-state index in [0.29, 0.717) is 23.9 Å². The van der Waals surface area contributed by atoms with Crippen LogP contribution in [0.2, 0.25) is 0 Å². The summed E-state index contributed by atoms with van der Waals surface area (Å²) < 4.78 is 19.8. The molecule has 4 heteroatoms. The number of hydrogen-bond acceptors (Lipinski definition) is 2. The summed E-state index contributed by atoms with van der Waals surface area (Å²) >= 11 is 3.27. The molecule has 106 valence electrons. The normalized spacial score (nSPS) is 20.2. The Hall–Kier alpha value is -1.86. The number of halogens is 2. The molecule has 0 fully saturated rings. The first-order chi connectivity index (χ1) is 10.1. The van der Waals surface area contributed by atoms with Gasteiger partial charge in [-0.1, -0.05) is 30.3 Å². The Kier molecular flexibility index (Phi) is 3.69. The van der Waals surface area contributed by atoms with Gasteiger partial charge < -0.3 is 4.74 Å². The fourth-order valence-corrected chi connectivity index (χ4v) is 3.10. The predicted octanol–water partition coefficient (Wildman–Crippen LogP) is 4.28. The number of benzene rings is 2. The molecule has 0 aliphatic carbocycles. The van der Waals surface area contributed by atoms with E-state index in [1.54, 1.807) is 6.07 Å². The van der Waals surface area contributed by atoms with Crippen molar-refractivity contribution in [1.82, 2.24) is 0 Å². The van der Waals surface area contributed by atoms with Gasteiger partial charge in [0.15, 0.2) is 0 Å². The summed E-state index contributed by atoms with van der Waals surface area (Å²) in [6.07, 6.45) is 1.07. The minimum Gasteiger partial charge on any atom is -0.492 e. The van der Waals surface area contributed by atoms with Gasteiger partial charge in [-0.25, -0.2) is 4.39 Å². The van der Waals surface area contributed by atoms with Crippen molar-refractivity contribution < 1.29 is 9.13 Å². The van der Waals surface area contributed by atoms with Gasteiger partial charge in [0.2, 0.25) is 0 Å². The first-order valence-electron chi connectivity index (χ1n) is 6.68. The number of nitriles is 1. The Labute approximate surface area is 131 Å². The van der Waals surface area contributed by atoms with E-state index in [9.17, 15) is 9.65 Å². The van der Waals surface area contributed by atoms with E-state index in [0.717, 1.165) is 16.9 Å². The lowest BCUT2D eigenvalue weighted by Gasteiger charge is -2.32. The number of rotatable bonds is 2. The highest BCUT2D eigenvalue weighted by atomic mass is 79.9. The fraction of sp³-hybridized carbons (Fsp3) is 0.235. The van der Waals surface area contributed by atoms with Crippen LogP contribution in [-0.2, 0) is 12.8 Å². The molecule has 0 bridgehead atoms. The van der Waals surface area contributed by atoms with Crippen LogP contribution in [0.1, 0.15) is 11.1 Å². The second kappa shape index (κ2) is 5.50. The van der Waals surface area contributed by atoms with E-state index in [1.165, 1.54) is 6.07 Å². The zero-order valence-corrected chi connectivity index (χ0v) is 12.9. The number of hydrogen-bond donors (Lipinski definition) is 0. The molecule has 1 aliphatic rings. The molecule has 0 aromatic heterocycles. The van der Waals surface area contributed by atoms with E-state index in [2.05, 4.69) is 22.0 Å². The average molecular weight is 346 g/mol. The first kappa shape index (κ1) is 14.1. The fourth-order valence-electron chi connectivity index (χ4n) is 2.70. The highest BCUT2D eigenvalue weighted by Crippen LogP contribution is 2.38. The molecule has 0 radical (unpaired) electrons. The number of fused-ring (bicyclic) bond motifs is 1.